The number of hydrogen-bond donors (Lipinski definition) is 2. The average Bonchev–Trinajstić information content (AvgIpc) is 2.91. The lowest BCUT2D eigenvalue weighted by molar-refractivity contribution is -0.125. The number of rotatable bonds is 5. The van der Waals surface area contributed by atoms with Crippen LogP contribution in [0.5, 0.6) is 0 Å². The van der Waals surface area contributed by atoms with Crippen molar-refractivity contribution in [3.05, 3.63) is 30.1 Å². The molecule has 2 aliphatic heterocycles. The maximum atomic E-state index is 14.1. The number of halogens is 1. The minimum absolute atomic E-state index is 0.133. The lowest BCUT2D eigenvalue weighted by Gasteiger charge is -2.42. The van der Waals surface area contributed by atoms with E-state index in [1.54, 1.807) is 18.2 Å². The fourth-order valence-corrected chi connectivity index (χ4v) is 5.18. The number of carbonyl (C=O) groups is 1. The average molecular weight is 443 g/mol. The van der Waals surface area contributed by atoms with E-state index in [0.717, 1.165) is 6.26 Å². The van der Waals surface area contributed by atoms with E-state index in [-0.39, 0.29) is 24.8 Å². The molecule has 3 rings (SSSR count). The Bertz CT molecular complexity index is 858. The predicted octanol–water partition coefficient (Wildman–Crippen LogP) is 0.0964. The van der Waals surface area contributed by atoms with Crippen molar-refractivity contribution in [2.45, 2.75) is 18.4 Å². The smallest absolute Gasteiger partial charge is 0.225 e. The van der Waals surface area contributed by atoms with Gasteiger partial charge in [0.25, 0.3) is 0 Å². The Morgan fingerprint density at radius 3 is 2.47 bits per heavy atom. The van der Waals surface area contributed by atoms with Crippen LogP contribution in [0, 0.1) is 11.7 Å². The third-order valence-corrected chi connectivity index (χ3v) is 7.33. The summed E-state index contributed by atoms with van der Waals surface area (Å²) < 4.78 is 39.5. The lowest BCUT2D eigenvalue weighted by Crippen LogP contribution is -2.52. The van der Waals surface area contributed by atoms with E-state index >= 15 is 0 Å². The molecule has 0 unspecified atom stereocenters. The molecule has 0 spiro atoms. The predicted molar refractivity (Wildman–Crippen MR) is 113 cm³/mol. The van der Waals surface area contributed by atoms with Crippen molar-refractivity contribution in [3.8, 4) is 0 Å². The third-order valence-electron chi connectivity index (χ3n) is 6.06. The Morgan fingerprint density at radius 2 is 1.87 bits per heavy atom. The van der Waals surface area contributed by atoms with Crippen molar-refractivity contribution in [1.29, 1.82) is 0 Å². The number of aliphatic hydroxyl groups is 1. The zero-order valence-corrected chi connectivity index (χ0v) is 18.4. The zero-order valence-electron chi connectivity index (χ0n) is 17.6. The van der Waals surface area contributed by atoms with Crippen LogP contribution >= 0.6 is 0 Å². The number of amides is 1. The molecule has 0 aromatic heterocycles. The molecule has 2 heterocycles. The number of piperidine rings is 1. The molecule has 0 saturated carbocycles. The first-order valence-electron chi connectivity index (χ1n) is 10.2. The van der Waals surface area contributed by atoms with Crippen LogP contribution in [0.15, 0.2) is 24.3 Å². The molecular formula is C20H31FN4O4S. The van der Waals surface area contributed by atoms with Crippen LogP contribution in [0.2, 0.25) is 0 Å². The number of nitrogens with zero attached hydrogens (tertiary/aromatic N) is 3. The van der Waals surface area contributed by atoms with E-state index in [2.05, 4.69) is 5.32 Å². The minimum atomic E-state index is -3.42. The number of hydrogen-bond acceptors (Lipinski definition) is 6. The Morgan fingerprint density at radius 1 is 1.20 bits per heavy atom. The number of para-hydroxylation sites is 1. The van der Waals surface area contributed by atoms with Gasteiger partial charge in [0, 0.05) is 52.9 Å². The van der Waals surface area contributed by atoms with Crippen LogP contribution in [0.3, 0.4) is 0 Å². The first-order chi connectivity index (χ1) is 14.1. The summed E-state index contributed by atoms with van der Waals surface area (Å²) in [5, 5.41) is 13.8. The highest BCUT2D eigenvalue weighted by molar-refractivity contribution is 7.88. The number of anilines is 1. The van der Waals surface area contributed by atoms with Crippen molar-refractivity contribution in [1.82, 2.24) is 14.5 Å². The number of nitrogens with one attached hydrogen (secondary N) is 1. The van der Waals surface area contributed by atoms with Gasteiger partial charge < -0.3 is 15.3 Å². The Kier molecular flexibility index (Phi) is 7.01. The summed E-state index contributed by atoms with van der Waals surface area (Å²) in [6.45, 7) is 2.64. The molecule has 1 atom stereocenters. The van der Waals surface area contributed by atoms with Crippen LogP contribution in [-0.4, -0.2) is 93.4 Å². The molecule has 0 bridgehead atoms. The van der Waals surface area contributed by atoms with Gasteiger partial charge in [-0.1, -0.05) is 12.1 Å². The highest BCUT2D eigenvalue weighted by Crippen LogP contribution is 2.29. The van der Waals surface area contributed by atoms with Crippen molar-refractivity contribution in [2.24, 2.45) is 5.92 Å². The summed E-state index contributed by atoms with van der Waals surface area (Å²) in [5.74, 6) is -0.990. The summed E-state index contributed by atoms with van der Waals surface area (Å²) in [6, 6.07) is 6.62. The molecule has 10 heteroatoms. The molecule has 2 N–H and O–H groups in total. The molecule has 2 fully saturated rings. The molecule has 0 aliphatic carbocycles. The van der Waals surface area contributed by atoms with E-state index in [0.29, 0.717) is 51.3 Å². The van der Waals surface area contributed by atoms with E-state index in [9.17, 15) is 22.7 Å². The Balaban J connectivity index is 1.66. The molecule has 8 nitrogen and oxygen atoms in total. The molecule has 1 aromatic carbocycles. The molecule has 2 aliphatic rings. The molecule has 30 heavy (non-hydrogen) atoms. The van der Waals surface area contributed by atoms with Gasteiger partial charge in [-0.15, -0.1) is 0 Å². The number of sulfonamides is 1. The van der Waals surface area contributed by atoms with Crippen molar-refractivity contribution >= 4 is 21.6 Å². The Labute approximate surface area is 177 Å². The second-order valence-corrected chi connectivity index (χ2v) is 10.3. The first-order valence-corrected chi connectivity index (χ1v) is 12.1. The van der Waals surface area contributed by atoms with Crippen molar-refractivity contribution < 1.29 is 22.7 Å². The van der Waals surface area contributed by atoms with Gasteiger partial charge in [0.1, 0.15) is 5.82 Å². The summed E-state index contributed by atoms with van der Waals surface area (Å²) in [6.07, 6.45) is 2.09. The summed E-state index contributed by atoms with van der Waals surface area (Å²) in [7, 11) is -1.88. The van der Waals surface area contributed by atoms with Crippen LogP contribution in [0.1, 0.15) is 12.8 Å². The lowest BCUT2D eigenvalue weighted by atomic mass is 9.90. The zero-order chi connectivity index (χ0) is 21.9. The van der Waals surface area contributed by atoms with E-state index in [1.165, 1.54) is 17.4 Å². The van der Waals surface area contributed by atoms with Crippen LogP contribution in [0.25, 0.3) is 0 Å². The van der Waals surface area contributed by atoms with Crippen LogP contribution < -0.4 is 10.2 Å². The number of β-amino-alcohol motifs (C(OH)–C–C–N with tert-alkyl or cyclic N) is 1. The van der Waals surface area contributed by atoms with Gasteiger partial charge in [0.15, 0.2) is 0 Å². The highest BCUT2D eigenvalue weighted by Gasteiger charge is 2.38. The van der Waals surface area contributed by atoms with E-state index < -0.39 is 21.5 Å². The maximum Gasteiger partial charge on any atom is 0.225 e. The van der Waals surface area contributed by atoms with E-state index in [1.807, 2.05) is 9.80 Å². The minimum Gasteiger partial charge on any atom is -0.388 e. The van der Waals surface area contributed by atoms with Gasteiger partial charge in [-0.05, 0) is 25.0 Å². The molecule has 1 aromatic rings. The first kappa shape index (κ1) is 22.9. The second-order valence-electron chi connectivity index (χ2n) is 8.33. The summed E-state index contributed by atoms with van der Waals surface area (Å²) >= 11 is 0. The van der Waals surface area contributed by atoms with Gasteiger partial charge in [0.05, 0.1) is 23.5 Å². The Hall–Kier alpha value is -1.75. The van der Waals surface area contributed by atoms with Crippen molar-refractivity contribution in [2.75, 3.05) is 64.0 Å². The molecule has 168 valence electrons. The maximum absolute atomic E-state index is 14.1. The van der Waals surface area contributed by atoms with Gasteiger partial charge in [-0.2, -0.15) is 0 Å². The standard InChI is InChI=1S/C20H31FN4O4S/c1-22-19(26)16-13-23(11-12-25(14-16)30(2,28)29)15-20(27)7-9-24(10-8-20)18-6-4-3-5-17(18)21/h3-6,16,27H,7-15H2,1-2H3,(H,22,26)/t16-/m1/s1. The fourth-order valence-electron chi connectivity index (χ4n) is 4.31. The number of carbonyl (C=O) groups excluding carboxylic acids is 1. The molecule has 1 amide bonds. The highest BCUT2D eigenvalue weighted by atomic mass is 32.2. The van der Waals surface area contributed by atoms with Gasteiger partial charge in [-0.25, -0.2) is 17.1 Å². The molecular weight excluding hydrogens is 411 g/mol. The van der Waals surface area contributed by atoms with Crippen LogP contribution in [-0.2, 0) is 14.8 Å². The second kappa shape index (κ2) is 9.17. The van der Waals surface area contributed by atoms with E-state index in [4.69, 9.17) is 0 Å². The molecule has 0 radical (unpaired) electrons. The summed E-state index contributed by atoms with van der Waals surface area (Å²) in [5.41, 5.74) is -0.423. The monoisotopic (exact) mass is 442 g/mol. The van der Waals surface area contributed by atoms with Crippen LogP contribution in [0.4, 0.5) is 10.1 Å². The van der Waals surface area contributed by atoms with Gasteiger partial charge >= 0.3 is 0 Å². The topological polar surface area (TPSA) is 93.2 Å². The SMILES string of the molecule is CNC(=O)[C@@H]1CN(CC2(O)CCN(c3ccccc3F)CC2)CCN(S(C)(=O)=O)C1. The normalized spacial score (nSPS) is 23.7. The largest absolute Gasteiger partial charge is 0.388 e. The fraction of sp³-hybridized carbons (Fsp3) is 0.650. The summed E-state index contributed by atoms with van der Waals surface area (Å²) in [4.78, 5) is 16.2. The molecule has 2 saturated heterocycles. The third kappa shape index (κ3) is 5.48. The van der Waals surface area contributed by atoms with Gasteiger partial charge in [-0.3, -0.25) is 9.69 Å². The van der Waals surface area contributed by atoms with Gasteiger partial charge in [0.2, 0.25) is 15.9 Å². The van der Waals surface area contributed by atoms with Crippen molar-refractivity contribution in [3.63, 3.8) is 0 Å². The number of benzene rings is 1. The quantitative estimate of drug-likeness (QED) is 0.672.